The summed E-state index contributed by atoms with van der Waals surface area (Å²) >= 11 is 7.66. The van der Waals surface area contributed by atoms with E-state index in [1.165, 1.54) is 23.5 Å². The summed E-state index contributed by atoms with van der Waals surface area (Å²) in [5, 5.41) is -0.928. The Morgan fingerprint density at radius 3 is 2.30 bits per heavy atom. The van der Waals surface area contributed by atoms with Crippen LogP contribution >= 0.6 is 22.9 Å². The molecule has 1 unspecified atom stereocenters. The molecule has 2 rings (SSSR count). The normalized spacial score (nSPS) is 13.6. The lowest BCUT2D eigenvalue weighted by Crippen LogP contribution is -2.10. The number of alkyl halides is 4. The summed E-state index contributed by atoms with van der Waals surface area (Å²) in [6.45, 7) is 3.68. The van der Waals surface area contributed by atoms with Gasteiger partial charge in [-0.25, -0.2) is 4.39 Å². The quantitative estimate of drug-likeness (QED) is 0.480. The molecule has 0 N–H and O–H groups in total. The van der Waals surface area contributed by atoms with E-state index in [0.29, 0.717) is 11.6 Å². The van der Waals surface area contributed by atoms with E-state index in [9.17, 15) is 17.6 Å². The summed E-state index contributed by atoms with van der Waals surface area (Å²) in [6, 6.07) is 4.95. The van der Waals surface area contributed by atoms with E-state index in [1.54, 1.807) is 6.07 Å². The first kappa shape index (κ1) is 15.3. The number of aryl methyl sites for hydroxylation is 2. The lowest BCUT2D eigenvalue weighted by molar-refractivity contribution is -0.140. The highest BCUT2D eigenvalue weighted by Crippen LogP contribution is 2.39. The summed E-state index contributed by atoms with van der Waals surface area (Å²) < 4.78 is 52.1. The molecule has 20 heavy (non-hydrogen) atoms. The van der Waals surface area contributed by atoms with Gasteiger partial charge in [-0.3, -0.25) is 0 Å². The van der Waals surface area contributed by atoms with Crippen molar-refractivity contribution in [1.29, 1.82) is 0 Å². The molecule has 0 aliphatic heterocycles. The largest absolute Gasteiger partial charge is 0.419 e. The molecule has 0 spiro atoms. The Labute approximate surface area is 123 Å². The Morgan fingerprint density at radius 2 is 1.80 bits per heavy atom. The summed E-state index contributed by atoms with van der Waals surface area (Å²) in [5.41, 5.74) is -0.792. The van der Waals surface area contributed by atoms with Gasteiger partial charge in [0.1, 0.15) is 5.82 Å². The molecule has 1 aromatic carbocycles. The molecule has 0 saturated heterocycles. The van der Waals surface area contributed by atoms with Crippen LogP contribution in [0.15, 0.2) is 24.3 Å². The van der Waals surface area contributed by atoms with Crippen molar-refractivity contribution in [2.24, 2.45) is 0 Å². The fraction of sp³-hybridized carbons (Fsp3) is 0.286. The number of hydrogen-bond acceptors (Lipinski definition) is 1. The topological polar surface area (TPSA) is 0 Å². The van der Waals surface area contributed by atoms with Gasteiger partial charge < -0.3 is 0 Å². The van der Waals surface area contributed by atoms with Crippen LogP contribution in [0.5, 0.6) is 0 Å². The van der Waals surface area contributed by atoms with Crippen LogP contribution in [0.25, 0.3) is 0 Å². The monoisotopic (exact) mass is 322 g/mol. The first-order valence-corrected chi connectivity index (χ1v) is 7.03. The zero-order chi connectivity index (χ0) is 15.1. The zero-order valence-electron chi connectivity index (χ0n) is 10.7. The molecule has 1 aromatic heterocycles. The Kier molecular flexibility index (Phi) is 4.12. The van der Waals surface area contributed by atoms with Gasteiger partial charge in [-0.15, -0.1) is 22.9 Å². The number of hydrogen-bond donors (Lipinski definition) is 0. The van der Waals surface area contributed by atoms with Crippen LogP contribution < -0.4 is 0 Å². The minimum atomic E-state index is -4.73. The first-order valence-electron chi connectivity index (χ1n) is 5.78. The van der Waals surface area contributed by atoms with E-state index >= 15 is 0 Å². The van der Waals surface area contributed by atoms with Crippen LogP contribution in [-0.2, 0) is 6.18 Å². The second-order valence-electron chi connectivity index (χ2n) is 4.44. The van der Waals surface area contributed by atoms with Crippen LogP contribution in [0.1, 0.15) is 31.8 Å². The molecular formula is C14H11ClF4S. The van der Waals surface area contributed by atoms with Gasteiger partial charge in [0.05, 0.1) is 10.9 Å². The van der Waals surface area contributed by atoms with E-state index < -0.39 is 22.9 Å². The lowest BCUT2D eigenvalue weighted by atomic mass is 10.0. The Bertz CT molecular complexity index is 631. The van der Waals surface area contributed by atoms with Gasteiger partial charge in [-0.05, 0) is 31.5 Å². The molecule has 2 aromatic rings. The van der Waals surface area contributed by atoms with Crippen LogP contribution in [0.4, 0.5) is 17.6 Å². The number of rotatable bonds is 2. The first-order chi connectivity index (χ1) is 9.21. The number of thiophene rings is 1. The van der Waals surface area contributed by atoms with Gasteiger partial charge in [0, 0.05) is 15.3 Å². The van der Waals surface area contributed by atoms with Crippen LogP contribution in [0.2, 0.25) is 0 Å². The molecule has 1 atom stereocenters. The maximum Gasteiger partial charge on any atom is 0.419 e. The van der Waals surface area contributed by atoms with Crippen LogP contribution in [0.3, 0.4) is 0 Å². The fourth-order valence-corrected chi connectivity index (χ4v) is 3.46. The molecule has 0 bridgehead atoms. The van der Waals surface area contributed by atoms with E-state index in [1.807, 2.05) is 13.8 Å². The van der Waals surface area contributed by atoms with Gasteiger partial charge in [0.2, 0.25) is 0 Å². The highest BCUT2D eigenvalue weighted by molar-refractivity contribution is 7.12. The van der Waals surface area contributed by atoms with Crippen molar-refractivity contribution in [3.05, 3.63) is 56.5 Å². The standard InChI is InChI=1S/C14H11ClF4S/c1-7-6-10(8(2)20-7)12(15)9-4-3-5-11(13(9)16)14(17,18)19/h3-6,12H,1-2H3. The molecule has 0 fully saturated rings. The van der Waals surface area contributed by atoms with Crippen molar-refractivity contribution < 1.29 is 17.6 Å². The smallest absolute Gasteiger partial charge is 0.206 e. The predicted molar refractivity (Wildman–Crippen MR) is 72.9 cm³/mol. The molecule has 1 heterocycles. The second kappa shape index (κ2) is 5.37. The minimum absolute atomic E-state index is 0.151. The highest BCUT2D eigenvalue weighted by Gasteiger charge is 2.35. The van der Waals surface area contributed by atoms with E-state index in [0.717, 1.165) is 9.75 Å². The maximum atomic E-state index is 14.0. The van der Waals surface area contributed by atoms with E-state index in [-0.39, 0.29) is 5.56 Å². The van der Waals surface area contributed by atoms with Gasteiger partial charge in [-0.2, -0.15) is 13.2 Å². The third kappa shape index (κ3) is 2.83. The average Bonchev–Trinajstić information content (AvgIpc) is 2.66. The molecule has 0 aliphatic rings. The van der Waals surface area contributed by atoms with Gasteiger partial charge in [0.25, 0.3) is 0 Å². The summed E-state index contributed by atoms with van der Waals surface area (Å²) in [5.74, 6) is -1.30. The summed E-state index contributed by atoms with van der Waals surface area (Å²) in [6.07, 6.45) is -4.73. The third-order valence-electron chi connectivity index (χ3n) is 2.96. The predicted octanol–water partition coefficient (Wildman–Crippen LogP) is 5.85. The average molecular weight is 323 g/mol. The molecule has 0 saturated carbocycles. The molecule has 108 valence electrons. The van der Waals surface area contributed by atoms with Crippen molar-refractivity contribution in [3.8, 4) is 0 Å². The van der Waals surface area contributed by atoms with Crippen molar-refractivity contribution >= 4 is 22.9 Å². The molecular weight excluding hydrogens is 312 g/mol. The van der Waals surface area contributed by atoms with E-state index in [4.69, 9.17) is 11.6 Å². The lowest BCUT2D eigenvalue weighted by Gasteiger charge is -2.15. The number of halogens is 5. The molecule has 0 aliphatic carbocycles. The Morgan fingerprint density at radius 1 is 1.15 bits per heavy atom. The van der Waals surface area contributed by atoms with Gasteiger partial charge in [0.15, 0.2) is 0 Å². The molecule has 0 amide bonds. The molecule has 0 nitrogen and oxygen atoms in total. The zero-order valence-corrected chi connectivity index (χ0v) is 12.3. The Balaban J connectivity index is 2.51. The van der Waals surface area contributed by atoms with Crippen molar-refractivity contribution in [1.82, 2.24) is 0 Å². The number of benzene rings is 1. The highest BCUT2D eigenvalue weighted by atomic mass is 35.5. The van der Waals surface area contributed by atoms with Gasteiger partial charge >= 0.3 is 6.18 Å². The fourth-order valence-electron chi connectivity index (χ4n) is 2.03. The van der Waals surface area contributed by atoms with Crippen molar-refractivity contribution in [2.45, 2.75) is 25.4 Å². The van der Waals surface area contributed by atoms with Crippen molar-refractivity contribution in [2.75, 3.05) is 0 Å². The van der Waals surface area contributed by atoms with E-state index in [2.05, 4.69) is 0 Å². The van der Waals surface area contributed by atoms with Crippen LogP contribution in [-0.4, -0.2) is 0 Å². The maximum absolute atomic E-state index is 14.0. The Hall–Kier alpha value is -1.07. The summed E-state index contributed by atoms with van der Waals surface area (Å²) in [4.78, 5) is 1.86. The SMILES string of the molecule is Cc1cc(C(Cl)c2cccc(C(F)(F)F)c2F)c(C)s1. The minimum Gasteiger partial charge on any atom is -0.206 e. The molecule has 6 heteroatoms. The van der Waals surface area contributed by atoms with Crippen LogP contribution in [0, 0.1) is 19.7 Å². The molecule has 0 radical (unpaired) electrons. The van der Waals surface area contributed by atoms with Gasteiger partial charge in [-0.1, -0.05) is 12.1 Å². The second-order valence-corrected chi connectivity index (χ2v) is 6.33. The van der Waals surface area contributed by atoms with Crippen molar-refractivity contribution in [3.63, 3.8) is 0 Å². The summed E-state index contributed by atoms with van der Waals surface area (Å²) in [7, 11) is 0. The third-order valence-corrected chi connectivity index (χ3v) is 4.41.